The number of aromatic nitrogens is 1. The van der Waals surface area contributed by atoms with E-state index in [2.05, 4.69) is 10.3 Å². The third-order valence-electron chi connectivity index (χ3n) is 5.86. The lowest BCUT2D eigenvalue weighted by Gasteiger charge is -2.42. The Balaban J connectivity index is 1.50. The number of pyridine rings is 1. The maximum Gasteiger partial charge on any atom is 0.317 e. The third-order valence-corrected chi connectivity index (χ3v) is 8.08. The number of rotatable bonds is 6. The molecule has 2 N–H and O–H groups in total. The SMILES string of the molecule is CC(C)C(CO)NC(=O)N1CC(S(=O)(=O)N2CCC(c3ccncc3)CC2)C1. The van der Waals surface area contributed by atoms with Gasteiger partial charge in [-0.25, -0.2) is 17.5 Å². The van der Waals surface area contributed by atoms with Crippen LogP contribution < -0.4 is 5.32 Å². The van der Waals surface area contributed by atoms with Crippen LogP contribution in [0.1, 0.15) is 38.2 Å². The number of hydrogen-bond acceptors (Lipinski definition) is 5. The van der Waals surface area contributed by atoms with Gasteiger partial charge in [0, 0.05) is 38.6 Å². The fourth-order valence-corrected chi connectivity index (χ4v) is 5.63. The second kappa shape index (κ2) is 8.75. The van der Waals surface area contributed by atoms with Gasteiger partial charge < -0.3 is 15.3 Å². The van der Waals surface area contributed by atoms with Gasteiger partial charge >= 0.3 is 6.03 Å². The monoisotopic (exact) mass is 410 g/mol. The number of nitrogens with one attached hydrogen (secondary N) is 1. The summed E-state index contributed by atoms with van der Waals surface area (Å²) < 4.78 is 27.3. The minimum atomic E-state index is -3.40. The van der Waals surface area contributed by atoms with Gasteiger partial charge in [-0.05, 0) is 42.4 Å². The highest BCUT2D eigenvalue weighted by Gasteiger charge is 2.44. The van der Waals surface area contributed by atoms with Gasteiger partial charge in [-0.1, -0.05) is 13.8 Å². The van der Waals surface area contributed by atoms with Crippen molar-refractivity contribution in [3.8, 4) is 0 Å². The highest BCUT2D eigenvalue weighted by Crippen LogP contribution is 2.31. The molecule has 2 saturated heterocycles. The molecule has 0 saturated carbocycles. The van der Waals surface area contributed by atoms with Gasteiger partial charge in [-0.15, -0.1) is 0 Å². The van der Waals surface area contributed by atoms with Crippen molar-refractivity contribution in [3.05, 3.63) is 30.1 Å². The van der Waals surface area contributed by atoms with Crippen LogP contribution in [0.5, 0.6) is 0 Å². The Morgan fingerprint density at radius 1 is 1.25 bits per heavy atom. The van der Waals surface area contributed by atoms with Crippen LogP contribution >= 0.6 is 0 Å². The molecule has 28 heavy (non-hydrogen) atoms. The molecule has 8 nitrogen and oxygen atoms in total. The summed E-state index contributed by atoms with van der Waals surface area (Å²) in [5.41, 5.74) is 1.21. The molecule has 3 heterocycles. The first-order chi connectivity index (χ1) is 13.3. The van der Waals surface area contributed by atoms with Crippen LogP contribution in [-0.2, 0) is 10.0 Å². The molecule has 2 amide bonds. The summed E-state index contributed by atoms with van der Waals surface area (Å²) in [6.07, 6.45) is 5.14. The van der Waals surface area contributed by atoms with Crippen molar-refractivity contribution in [1.82, 2.24) is 19.5 Å². The van der Waals surface area contributed by atoms with E-state index in [4.69, 9.17) is 0 Å². The number of piperidine rings is 1. The van der Waals surface area contributed by atoms with Crippen LogP contribution in [0.3, 0.4) is 0 Å². The number of carbonyl (C=O) groups excluding carboxylic acids is 1. The summed E-state index contributed by atoms with van der Waals surface area (Å²) in [5, 5.41) is 11.6. The molecule has 1 aromatic rings. The lowest BCUT2D eigenvalue weighted by atomic mass is 9.91. The Hall–Kier alpha value is -1.71. The van der Waals surface area contributed by atoms with E-state index in [0.29, 0.717) is 19.0 Å². The first-order valence-electron chi connectivity index (χ1n) is 9.88. The normalized spacial score (nSPS) is 20.8. The standard InChI is InChI=1S/C19H30N4O4S/c1-14(2)18(13-24)21-19(25)22-11-17(12-22)28(26,27)23-9-5-16(6-10-23)15-3-7-20-8-4-15/h3-4,7-8,14,16-18,24H,5-6,9-13H2,1-2H3,(H,21,25). The summed E-state index contributed by atoms with van der Waals surface area (Å²) in [5.74, 6) is 0.473. The summed E-state index contributed by atoms with van der Waals surface area (Å²) in [6.45, 7) is 5.13. The van der Waals surface area contributed by atoms with E-state index < -0.39 is 15.3 Å². The van der Waals surface area contributed by atoms with Gasteiger partial charge in [0.1, 0.15) is 5.25 Å². The van der Waals surface area contributed by atoms with Gasteiger partial charge in [0.25, 0.3) is 0 Å². The number of sulfonamides is 1. The largest absolute Gasteiger partial charge is 0.394 e. The number of likely N-dealkylation sites (tertiary alicyclic amines) is 1. The Kier molecular flexibility index (Phi) is 6.57. The molecule has 9 heteroatoms. The van der Waals surface area contributed by atoms with Crippen molar-refractivity contribution >= 4 is 16.1 Å². The average molecular weight is 411 g/mol. The average Bonchev–Trinajstić information content (AvgIpc) is 2.65. The van der Waals surface area contributed by atoms with Gasteiger partial charge in [-0.3, -0.25) is 4.98 Å². The molecular weight excluding hydrogens is 380 g/mol. The minimum Gasteiger partial charge on any atom is -0.394 e. The van der Waals surface area contributed by atoms with Gasteiger partial charge in [0.05, 0.1) is 12.6 Å². The predicted molar refractivity (Wildman–Crippen MR) is 106 cm³/mol. The van der Waals surface area contributed by atoms with Crippen LogP contribution in [0.25, 0.3) is 0 Å². The molecule has 2 fully saturated rings. The molecule has 1 unspecified atom stereocenters. The number of amides is 2. The van der Waals surface area contributed by atoms with Crippen LogP contribution in [0.4, 0.5) is 4.79 Å². The molecule has 0 aliphatic carbocycles. The lowest BCUT2D eigenvalue weighted by molar-refractivity contribution is 0.148. The molecule has 1 atom stereocenters. The summed E-state index contributed by atoms with van der Waals surface area (Å²) in [4.78, 5) is 17.8. The van der Waals surface area contributed by atoms with Gasteiger partial charge in [-0.2, -0.15) is 0 Å². The maximum atomic E-state index is 12.9. The molecule has 2 aliphatic rings. The Morgan fingerprint density at radius 3 is 2.39 bits per heavy atom. The third kappa shape index (κ3) is 4.47. The molecule has 1 aromatic heterocycles. The van der Waals surface area contributed by atoms with E-state index in [9.17, 15) is 18.3 Å². The number of nitrogens with zero attached hydrogens (tertiary/aromatic N) is 3. The smallest absolute Gasteiger partial charge is 0.317 e. The number of aliphatic hydroxyl groups excluding tert-OH is 1. The van der Waals surface area contributed by atoms with Gasteiger partial charge in [0.15, 0.2) is 0 Å². The molecule has 0 bridgehead atoms. The Bertz CT molecular complexity index is 757. The van der Waals surface area contributed by atoms with Crippen molar-refractivity contribution in [1.29, 1.82) is 0 Å². The quantitative estimate of drug-likeness (QED) is 0.728. The van der Waals surface area contributed by atoms with E-state index in [1.165, 1.54) is 10.5 Å². The molecule has 3 rings (SSSR count). The fourth-order valence-electron chi connectivity index (χ4n) is 3.76. The van der Waals surface area contributed by atoms with E-state index in [1.807, 2.05) is 26.0 Å². The first-order valence-corrected chi connectivity index (χ1v) is 11.4. The van der Waals surface area contributed by atoms with Crippen molar-refractivity contribution in [3.63, 3.8) is 0 Å². The molecule has 0 radical (unpaired) electrons. The minimum absolute atomic E-state index is 0.108. The van der Waals surface area contributed by atoms with Gasteiger partial charge in [0.2, 0.25) is 10.0 Å². The molecule has 2 aliphatic heterocycles. The summed E-state index contributed by atoms with van der Waals surface area (Å²) in [6, 6.07) is 3.35. The zero-order valence-corrected chi connectivity index (χ0v) is 17.3. The number of urea groups is 1. The molecule has 0 spiro atoms. The van der Waals surface area contributed by atoms with Crippen molar-refractivity contribution in [2.75, 3.05) is 32.8 Å². The molecule has 0 aromatic carbocycles. The van der Waals surface area contributed by atoms with Crippen molar-refractivity contribution in [2.24, 2.45) is 5.92 Å². The van der Waals surface area contributed by atoms with Crippen LogP contribution in [0.2, 0.25) is 0 Å². The summed E-state index contributed by atoms with van der Waals surface area (Å²) in [7, 11) is -3.40. The van der Waals surface area contributed by atoms with Crippen LogP contribution in [0, 0.1) is 5.92 Å². The van der Waals surface area contributed by atoms with E-state index in [1.54, 1.807) is 16.7 Å². The number of carbonyl (C=O) groups is 1. The van der Waals surface area contributed by atoms with Crippen LogP contribution in [0.15, 0.2) is 24.5 Å². The molecule has 156 valence electrons. The fraction of sp³-hybridized carbons (Fsp3) is 0.684. The number of hydrogen-bond donors (Lipinski definition) is 2. The second-order valence-corrected chi connectivity index (χ2v) is 10.2. The van der Waals surface area contributed by atoms with E-state index in [-0.39, 0.29) is 37.7 Å². The zero-order chi connectivity index (χ0) is 20.3. The van der Waals surface area contributed by atoms with E-state index >= 15 is 0 Å². The maximum absolute atomic E-state index is 12.9. The zero-order valence-electron chi connectivity index (χ0n) is 16.5. The Morgan fingerprint density at radius 2 is 1.86 bits per heavy atom. The highest BCUT2D eigenvalue weighted by atomic mass is 32.2. The van der Waals surface area contributed by atoms with E-state index in [0.717, 1.165) is 12.8 Å². The molecular formula is C19H30N4O4S. The first kappa shape index (κ1) is 21.0. The number of aliphatic hydroxyl groups is 1. The topological polar surface area (TPSA) is 103 Å². The van der Waals surface area contributed by atoms with Crippen molar-refractivity contribution < 1.29 is 18.3 Å². The van der Waals surface area contributed by atoms with Crippen molar-refractivity contribution in [2.45, 2.75) is 43.9 Å². The second-order valence-electron chi connectivity index (χ2n) is 8.01. The predicted octanol–water partition coefficient (Wildman–Crippen LogP) is 1.00. The Labute approximate surface area is 167 Å². The summed E-state index contributed by atoms with van der Waals surface area (Å²) >= 11 is 0. The lowest BCUT2D eigenvalue weighted by Crippen LogP contribution is -2.63. The highest BCUT2D eigenvalue weighted by molar-refractivity contribution is 7.89. The van der Waals surface area contributed by atoms with Crippen LogP contribution in [-0.4, -0.2) is 77.8 Å².